The predicted octanol–water partition coefficient (Wildman–Crippen LogP) is 1.58. The number of halogens is 1. The van der Waals surface area contributed by atoms with Crippen LogP contribution < -0.4 is 10.6 Å². The van der Waals surface area contributed by atoms with Gasteiger partial charge in [-0.3, -0.25) is 14.3 Å². The SMILES string of the molecule is CC(C)C(NC(=O)c1ccc(Cl)cc1)C(=O)NCCc1ncn(C)n1. The highest BCUT2D eigenvalue weighted by atomic mass is 35.5. The molecular formula is C17H22ClN5O2. The molecule has 0 fully saturated rings. The van der Waals surface area contributed by atoms with E-state index >= 15 is 0 Å². The molecule has 2 rings (SSSR count). The first-order valence-corrected chi connectivity index (χ1v) is 8.43. The smallest absolute Gasteiger partial charge is 0.251 e. The Kier molecular flexibility index (Phi) is 6.52. The van der Waals surface area contributed by atoms with Crippen molar-refractivity contribution in [1.82, 2.24) is 25.4 Å². The molecule has 25 heavy (non-hydrogen) atoms. The minimum Gasteiger partial charge on any atom is -0.354 e. The van der Waals surface area contributed by atoms with Gasteiger partial charge in [0.05, 0.1) is 0 Å². The molecule has 8 heteroatoms. The Morgan fingerprint density at radius 3 is 2.48 bits per heavy atom. The number of aromatic nitrogens is 3. The summed E-state index contributed by atoms with van der Waals surface area (Å²) in [6, 6.07) is 5.90. The Labute approximate surface area is 151 Å². The number of rotatable bonds is 7. The minimum absolute atomic E-state index is 0.0516. The zero-order valence-corrected chi connectivity index (χ0v) is 15.2. The molecule has 2 amide bonds. The van der Waals surface area contributed by atoms with Crippen LogP contribution in [0.3, 0.4) is 0 Å². The predicted molar refractivity (Wildman–Crippen MR) is 95.3 cm³/mol. The number of amides is 2. The summed E-state index contributed by atoms with van der Waals surface area (Å²) in [5.41, 5.74) is 0.459. The second-order valence-corrected chi connectivity index (χ2v) is 6.51. The Morgan fingerprint density at radius 2 is 1.92 bits per heavy atom. The average Bonchev–Trinajstić information content (AvgIpc) is 2.98. The summed E-state index contributed by atoms with van der Waals surface area (Å²) in [5, 5.41) is 10.3. The molecule has 0 radical (unpaired) electrons. The molecule has 1 aromatic carbocycles. The van der Waals surface area contributed by atoms with Gasteiger partial charge in [-0.1, -0.05) is 25.4 Å². The van der Waals surface area contributed by atoms with Crippen molar-refractivity contribution in [3.8, 4) is 0 Å². The quantitative estimate of drug-likeness (QED) is 0.781. The van der Waals surface area contributed by atoms with E-state index in [1.54, 1.807) is 42.3 Å². The summed E-state index contributed by atoms with van der Waals surface area (Å²) < 4.78 is 1.61. The van der Waals surface area contributed by atoms with Crippen LogP contribution in [-0.4, -0.2) is 39.2 Å². The van der Waals surface area contributed by atoms with Crippen LogP contribution in [0.25, 0.3) is 0 Å². The molecule has 1 atom stereocenters. The highest BCUT2D eigenvalue weighted by Crippen LogP contribution is 2.10. The molecule has 0 spiro atoms. The van der Waals surface area contributed by atoms with Gasteiger partial charge >= 0.3 is 0 Å². The van der Waals surface area contributed by atoms with Gasteiger partial charge < -0.3 is 10.6 Å². The van der Waals surface area contributed by atoms with Crippen molar-refractivity contribution in [1.29, 1.82) is 0 Å². The Morgan fingerprint density at radius 1 is 1.24 bits per heavy atom. The first-order chi connectivity index (χ1) is 11.9. The molecule has 134 valence electrons. The molecule has 0 aliphatic carbocycles. The third-order valence-corrected chi connectivity index (χ3v) is 3.89. The van der Waals surface area contributed by atoms with E-state index in [1.807, 2.05) is 13.8 Å². The monoisotopic (exact) mass is 363 g/mol. The fraction of sp³-hybridized carbons (Fsp3) is 0.412. The zero-order valence-electron chi connectivity index (χ0n) is 14.5. The van der Waals surface area contributed by atoms with E-state index in [2.05, 4.69) is 20.7 Å². The van der Waals surface area contributed by atoms with E-state index in [0.717, 1.165) is 0 Å². The van der Waals surface area contributed by atoms with Gasteiger partial charge in [0, 0.05) is 30.6 Å². The second-order valence-electron chi connectivity index (χ2n) is 6.08. The summed E-state index contributed by atoms with van der Waals surface area (Å²) >= 11 is 5.82. The largest absolute Gasteiger partial charge is 0.354 e. The average molecular weight is 364 g/mol. The highest BCUT2D eigenvalue weighted by Gasteiger charge is 2.24. The fourth-order valence-corrected chi connectivity index (χ4v) is 2.39. The van der Waals surface area contributed by atoms with Crippen LogP contribution in [0.2, 0.25) is 5.02 Å². The van der Waals surface area contributed by atoms with Crippen molar-refractivity contribution in [3.63, 3.8) is 0 Å². The van der Waals surface area contributed by atoms with Crippen molar-refractivity contribution in [2.75, 3.05) is 6.54 Å². The number of benzene rings is 1. The van der Waals surface area contributed by atoms with Crippen LogP contribution in [0, 0.1) is 5.92 Å². The standard InChI is InChI=1S/C17H22ClN5O2/c1-11(2)15(21-16(24)12-4-6-13(18)7-5-12)17(25)19-9-8-14-20-10-23(3)22-14/h4-7,10-11,15H,8-9H2,1-3H3,(H,19,25)(H,21,24). The molecule has 2 aromatic rings. The lowest BCUT2D eigenvalue weighted by molar-refractivity contribution is -0.123. The Hall–Kier alpha value is -2.41. The van der Waals surface area contributed by atoms with Crippen LogP contribution in [0.15, 0.2) is 30.6 Å². The number of carbonyl (C=O) groups is 2. The summed E-state index contributed by atoms with van der Waals surface area (Å²) in [7, 11) is 1.79. The summed E-state index contributed by atoms with van der Waals surface area (Å²) in [6.07, 6.45) is 2.14. The summed E-state index contributed by atoms with van der Waals surface area (Å²) in [6.45, 7) is 4.17. The Bertz CT molecular complexity index is 727. The molecule has 1 aromatic heterocycles. The third-order valence-electron chi connectivity index (χ3n) is 3.64. The van der Waals surface area contributed by atoms with Gasteiger partial charge in [-0.25, -0.2) is 4.98 Å². The molecule has 0 aliphatic rings. The maximum Gasteiger partial charge on any atom is 0.251 e. The van der Waals surface area contributed by atoms with Crippen molar-refractivity contribution in [3.05, 3.63) is 47.0 Å². The normalized spacial score (nSPS) is 12.0. The van der Waals surface area contributed by atoms with Crippen molar-refractivity contribution >= 4 is 23.4 Å². The second kappa shape index (κ2) is 8.62. The van der Waals surface area contributed by atoms with Crippen molar-refractivity contribution in [2.45, 2.75) is 26.3 Å². The van der Waals surface area contributed by atoms with Crippen molar-refractivity contribution < 1.29 is 9.59 Å². The van der Waals surface area contributed by atoms with E-state index < -0.39 is 6.04 Å². The molecule has 0 aliphatic heterocycles. The topological polar surface area (TPSA) is 88.9 Å². The number of nitrogens with zero attached hydrogens (tertiary/aromatic N) is 3. The molecule has 2 N–H and O–H groups in total. The highest BCUT2D eigenvalue weighted by molar-refractivity contribution is 6.30. The van der Waals surface area contributed by atoms with E-state index in [1.165, 1.54) is 0 Å². The van der Waals surface area contributed by atoms with Gasteiger partial charge in [-0.15, -0.1) is 0 Å². The van der Waals surface area contributed by atoms with Gasteiger partial charge in [-0.05, 0) is 30.2 Å². The fourth-order valence-electron chi connectivity index (χ4n) is 2.27. The Balaban J connectivity index is 1.91. The van der Waals surface area contributed by atoms with Gasteiger partial charge in [0.15, 0.2) is 5.82 Å². The van der Waals surface area contributed by atoms with Crippen LogP contribution in [-0.2, 0) is 18.3 Å². The molecule has 0 saturated carbocycles. The molecular weight excluding hydrogens is 342 g/mol. The van der Waals surface area contributed by atoms with E-state index in [4.69, 9.17) is 11.6 Å². The molecule has 0 bridgehead atoms. The molecule has 1 heterocycles. The van der Waals surface area contributed by atoms with E-state index in [-0.39, 0.29) is 17.7 Å². The molecule has 0 saturated heterocycles. The van der Waals surface area contributed by atoms with Gasteiger partial charge in [-0.2, -0.15) is 5.10 Å². The van der Waals surface area contributed by atoms with Crippen LogP contribution in [0.1, 0.15) is 30.0 Å². The van der Waals surface area contributed by atoms with E-state index in [0.29, 0.717) is 29.4 Å². The summed E-state index contributed by atoms with van der Waals surface area (Å²) in [5.74, 6) is 0.0727. The number of hydrogen-bond donors (Lipinski definition) is 2. The maximum atomic E-state index is 12.4. The van der Waals surface area contributed by atoms with Crippen molar-refractivity contribution in [2.24, 2.45) is 13.0 Å². The zero-order chi connectivity index (χ0) is 18.4. The van der Waals surface area contributed by atoms with Gasteiger partial charge in [0.25, 0.3) is 5.91 Å². The number of nitrogens with one attached hydrogen (secondary N) is 2. The lowest BCUT2D eigenvalue weighted by atomic mass is 10.0. The van der Waals surface area contributed by atoms with Gasteiger partial charge in [0.2, 0.25) is 5.91 Å². The number of carbonyl (C=O) groups excluding carboxylic acids is 2. The van der Waals surface area contributed by atoms with Crippen LogP contribution in [0.4, 0.5) is 0 Å². The van der Waals surface area contributed by atoms with Crippen LogP contribution in [0.5, 0.6) is 0 Å². The number of hydrogen-bond acceptors (Lipinski definition) is 4. The van der Waals surface area contributed by atoms with E-state index in [9.17, 15) is 9.59 Å². The number of aryl methyl sites for hydroxylation is 1. The first kappa shape index (κ1) is 18.9. The third kappa shape index (κ3) is 5.56. The lowest BCUT2D eigenvalue weighted by Crippen LogP contribution is -2.50. The minimum atomic E-state index is -0.625. The molecule has 1 unspecified atom stereocenters. The lowest BCUT2D eigenvalue weighted by Gasteiger charge is -2.21. The summed E-state index contributed by atoms with van der Waals surface area (Å²) in [4.78, 5) is 28.8. The van der Waals surface area contributed by atoms with Gasteiger partial charge in [0.1, 0.15) is 12.4 Å². The maximum absolute atomic E-state index is 12.4. The first-order valence-electron chi connectivity index (χ1n) is 8.05. The van der Waals surface area contributed by atoms with Crippen LogP contribution >= 0.6 is 11.6 Å². The molecule has 7 nitrogen and oxygen atoms in total.